The van der Waals surface area contributed by atoms with Crippen LogP contribution in [0.2, 0.25) is 0 Å². The Hall–Kier alpha value is -0.0900. The third-order valence-electron chi connectivity index (χ3n) is 3.42. The van der Waals surface area contributed by atoms with Crippen LogP contribution in [0.15, 0.2) is 0 Å². The van der Waals surface area contributed by atoms with Gasteiger partial charge in [-0.3, -0.25) is 4.90 Å². The smallest absolute Gasteiger partial charge is 0.151 e. The van der Waals surface area contributed by atoms with E-state index in [0.717, 1.165) is 13.0 Å². The summed E-state index contributed by atoms with van der Waals surface area (Å²) in [6.45, 7) is 10.3. The summed E-state index contributed by atoms with van der Waals surface area (Å²) >= 11 is 0. The number of hydrogen-bond acceptors (Lipinski definition) is 3. The van der Waals surface area contributed by atoms with E-state index < -0.39 is 9.84 Å². The second-order valence-corrected chi connectivity index (χ2v) is 8.02. The van der Waals surface area contributed by atoms with Crippen LogP contribution in [0.5, 0.6) is 0 Å². The zero-order chi connectivity index (χ0) is 12.4. The zero-order valence-corrected chi connectivity index (χ0v) is 11.8. The molecule has 16 heavy (non-hydrogen) atoms. The van der Waals surface area contributed by atoms with E-state index >= 15 is 0 Å². The summed E-state index contributed by atoms with van der Waals surface area (Å²) in [6, 6.07) is 0. The predicted octanol–water partition coefficient (Wildman–Crippen LogP) is 1.93. The monoisotopic (exact) mass is 247 g/mol. The number of sulfone groups is 1. The SMILES string of the molecule is CCCS(=O)(=O)CCN1CC(C)CC1(C)C. The van der Waals surface area contributed by atoms with Gasteiger partial charge >= 0.3 is 0 Å². The molecule has 0 bridgehead atoms. The molecular formula is C12H25NO2S. The molecule has 0 aromatic rings. The first-order valence-corrected chi connectivity index (χ1v) is 8.04. The first-order valence-electron chi connectivity index (χ1n) is 6.22. The van der Waals surface area contributed by atoms with Gasteiger partial charge in [-0.2, -0.15) is 0 Å². The standard InChI is InChI=1S/C12H25NO2S/c1-5-7-16(14,15)8-6-13-10-11(2)9-12(13,3)4/h11H,5-10H2,1-4H3. The molecule has 1 rings (SSSR count). The van der Waals surface area contributed by atoms with Crippen LogP contribution in [0.25, 0.3) is 0 Å². The maximum atomic E-state index is 11.7. The van der Waals surface area contributed by atoms with E-state index in [9.17, 15) is 8.42 Å². The Bertz CT molecular complexity index is 322. The number of hydrogen-bond donors (Lipinski definition) is 0. The molecule has 1 unspecified atom stereocenters. The molecule has 4 heteroatoms. The van der Waals surface area contributed by atoms with Crippen molar-refractivity contribution in [2.45, 2.75) is 46.1 Å². The van der Waals surface area contributed by atoms with E-state index in [1.165, 1.54) is 6.42 Å². The summed E-state index contributed by atoms with van der Waals surface area (Å²) in [5.74, 6) is 1.33. The molecule has 0 aromatic heterocycles. The predicted molar refractivity (Wildman–Crippen MR) is 68.4 cm³/mol. The Labute approximate surface area is 100 Å². The van der Waals surface area contributed by atoms with Gasteiger partial charge in [-0.05, 0) is 32.6 Å². The van der Waals surface area contributed by atoms with Gasteiger partial charge in [-0.25, -0.2) is 8.42 Å². The molecule has 0 radical (unpaired) electrons. The van der Waals surface area contributed by atoms with Crippen molar-refractivity contribution in [1.82, 2.24) is 4.90 Å². The van der Waals surface area contributed by atoms with Gasteiger partial charge in [-0.1, -0.05) is 13.8 Å². The van der Waals surface area contributed by atoms with Gasteiger partial charge in [0.2, 0.25) is 0 Å². The average molecular weight is 247 g/mol. The van der Waals surface area contributed by atoms with Crippen LogP contribution in [0.1, 0.15) is 40.5 Å². The van der Waals surface area contributed by atoms with Gasteiger partial charge in [0.1, 0.15) is 0 Å². The van der Waals surface area contributed by atoms with Crippen LogP contribution >= 0.6 is 0 Å². The first kappa shape index (κ1) is 14.0. The molecular weight excluding hydrogens is 222 g/mol. The molecule has 1 aliphatic rings. The summed E-state index contributed by atoms with van der Waals surface area (Å²) in [5, 5.41) is 0. The van der Waals surface area contributed by atoms with Crippen molar-refractivity contribution in [2.75, 3.05) is 24.6 Å². The highest BCUT2D eigenvalue weighted by Gasteiger charge is 2.36. The van der Waals surface area contributed by atoms with Crippen molar-refractivity contribution < 1.29 is 8.42 Å². The topological polar surface area (TPSA) is 37.4 Å². The van der Waals surface area contributed by atoms with E-state index in [-0.39, 0.29) is 5.54 Å². The van der Waals surface area contributed by atoms with Crippen LogP contribution < -0.4 is 0 Å². The fraction of sp³-hybridized carbons (Fsp3) is 1.00. The molecule has 1 atom stereocenters. The largest absolute Gasteiger partial charge is 0.297 e. The Morgan fingerprint density at radius 1 is 1.31 bits per heavy atom. The molecule has 1 fully saturated rings. The summed E-state index contributed by atoms with van der Waals surface area (Å²) in [7, 11) is -2.83. The zero-order valence-electron chi connectivity index (χ0n) is 11.0. The highest BCUT2D eigenvalue weighted by atomic mass is 32.2. The maximum Gasteiger partial charge on any atom is 0.151 e. The van der Waals surface area contributed by atoms with Gasteiger partial charge in [-0.15, -0.1) is 0 Å². The fourth-order valence-corrected chi connectivity index (χ4v) is 4.05. The minimum atomic E-state index is -2.83. The van der Waals surface area contributed by atoms with Gasteiger partial charge < -0.3 is 0 Å². The maximum absolute atomic E-state index is 11.7. The van der Waals surface area contributed by atoms with Crippen molar-refractivity contribution in [3.63, 3.8) is 0 Å². The normalized spacial score (nSPS) is 26.1. The molecule has 0 saturated carbocycles. The van der Waals surface area contributed by atoms with Crippen molar-refractivity contribution in [3.8, 4) is 0 Å². The Balaban J connectivity index is 2.50. The minimum absolute atomic E-state index is 0.168. The molecule has 3 nitrogen and oxygen atoms in total. The molecule has 1 saturated heterocycles. The third-order valence-corrected chi connectivity index (χ3v) is 5.26. The lowest BCUT2D eigenvalue weighted by molar-refractivity contribution is 0.185. The average Bonchev–Trinajstić information content (AvgIpc) is 2.35. The number of nitrogens with zero attached hydrogens (tertiary/aromatic N) is 1. The van der Waals surface area contributed by atoms with Crippen LogP contribution in [0, 0.1) is 5.92 Å². The molecule has 0 spiro atoms. The van der Waals surface area contributed by atoms with E-state index in [1.807, 2.05) is 6.92 Å². The van der Waals surface area contributed by atoms with Crippen molar-refractivity contribution in [3.05, 3.63) is 0 Å². The van der Waals surface area contributed by atoms with Crippen molar-refractivity contribution >= 4 is 9.84 Å². The number of likely N-dealkylation sites (tertiary alicyclic amines) is 1. The number of rotatable bonds is 5. The summed E-state index contributed by atoms with van der Waals surface area (Å²) in [5.41, 5.74) is 0.168. The Kier molecular flexibility index (Phi) is 4.41. The minimum Gasteiger partial charge on any atom is -0.297 e. The second kappa shape index (κ2) is 5.05. The summed E-state index contributed by atoms with van der Waals surface area (Å²) in [6.07, 6.45) is 1.89. The van der Waals surface area contributed by atoms with Crippen LogP contribution in [-0.2, 0) is 9.84 Å². The highest BCUT2D eigenvalue weighted by Crippen LogP contribution is 2.31. The first-order chi connectivity index (χ1) is 7.27. The lowest BCUT2D eigenvalue weighted by Crippen LogP contribution is -2.41. The van der Waals surface area contributed by atoms with E-state index in [0.29, 0.717) is 24.0 Å². The van der Waals surface area contributed by atoms with E-state index in [4.69, 9.17) is 0 Å². The Morgan fingerprint density at radius 2 is 1.94 bits per heavy atom. The van der Waals surface area contributed by atoms with Crippen molar-refractivity contribution in [2.24, 2.45) is 5.92 Å². The lowest BCUT2D eigenvalue weighted by Gasteiger charge is -2.31. The van der Waals surface area contributed by atoms with Crippen LogP contribution in [0.3, 0.4) is 0 Å². The Morgan fingerprint density at radius 3 is 2.38 bits per heavy atom. The van der Waals surface area contributed by atoms with E-state index in [2.05, 4.69) is 25.7 Å². The third kappa shape index (κ3) is 3.74. The quantitative estimate of drug-likeness (QED) is 0.745. The van der Waals surface area contributed by atoms with E-state index in [1.54, 1.807) is 0 Å². The van der Waals surface area contributed by atoms with Gasteiger partial charge in [0, 0.05) is 24.4 Å². The van der Waals surface area contributed by atoms with Crippen LogP contribution in [0.4, 0.5) is 0 Å². The van der Waals surface area contributed by atoms with Crippen LogP contribution in [-0.4, -0.2) is 43.5 Å². The summed E-state index contributed by atoms with van der Waals surface area (Å²) < 4.78 is 23.3. The lowest BCUT2D eigenvalue weighted by atomic mass is 9.98. The van der Waals surface area contributed by atoms with Gasteiger partial charge in [0.15, 0.2) is 9.84 Å². The van der Waals surface area contributed by atoms with Gasteiger partial charge in [0.05, 0.1) is 5.75 Å². The fourth-order valence-electron chi connectivity index (χ4n) is 2.73. The molecule has 0 aliphatic carbocycles. The molecule has 1 heterocycles. The molecule has 1 aliphatic heterocycles. The molecule has 0 N–H and O–H groups in total. The molecule has 96 valence electrons. The molecule has 0 aromatic carbocycles. The van der Waals surface area contributed by atoms with Crippen molar-refractivity contribution in [1.29, 1.82) is 0 Å². The van der Waals surface area contributed by atoms with Gasteiger partial charge in [0.25, 0.3) is 0 Å². The molecule has 0 amide bonds. The highest BCUT2D eigenvalue weighted by molar-refractivity contribution is 7.91. The second-order valence-electron chi connectivity index (χ2n) is 5.72. The summed E-state index contributed by atoms with van der Waals surface area (Å²) in [4.78, 5) is 2.32.